The molecule has 5 nitrogen and oxygen atoms in total. The van der Waals surface area contributed by atoms with Crippen molar-refractivity contribution in [3.8, 4) is 0 Å². The molecule has 0 unspecified atom stereocenters. The number of carbonyl (C=O) groups is 1. The lowest BCUT2D eigenvalue weighted by molar-refractivity contribution is -0.137. The highest BCUT2D eigenvalue weighted by Crippen LogP contribution is 2.31. The van der Waals surface area contributed by atoms with E-state index in [-0.39, 0.29) is 22.1 Å². The second-order valence-electron chi connectivity index (χ2n) is 6.66. The maximum Gasteiger partial charge on any atom is 0.416 e. The number of carbonyl (C=O) groups excluding carboxylic acids is 1. The molecular weight excluding hydrogens is 393 g/mol. The summed E-state index contributed by atoms with van der Waals surface area (Å²) in [6.07, 6.45) is -2.78. The molecule has 1 aliphatic rings. The van der Waals surface area contributed by atoms with E-state index in [4.69, 9.17) is 0 Å². The third-order valence-electron chi connectivity index (χ3n) is 4.59. The normalized spacial score (nSPS) is 14.9. The minimum atomic E-state index is -4.58. The maximum absolute atomic E-state index is 12.8. The maximum atomic E-state index is 12.8. The lowest BCUT2D eigenvalue weighted by Gasteiger charge is -2.18. The predicted octanol–water partition coefficient (Wildman–Crippen LogP) is 4.05. The van der Waals surface area contributed by atoms with Crippen LogP contribution in [-0.4, -0.2) is 32.3 Å². The highest BCUT2D eigenvalue weighted by Gasteiger charge is 2.31. The molecule has 150 valence electrons. The van der Waals surface area contributed by atoms with Gasteiger partial charge in [-0.25, -0.2) is 8.42 Å². The van der Waals surface area contributed by atoms with Gasteiger partial charge in [0.2, 0.25) is 0 Å². The van der Waals surface area contributed by atoms with E-state index in [1.165, 1.54) is 24.3 Å². The summed E-state index contributed by atoms with van der Waals surface area (Å²) in [7, 11) is -4.16. The van der Waals surface area contributed by atoms with Crippen LogP contribution in [0.15, 0.2) is 47.4 Å². The highest BCUT2D eigenvalue weighted by atomic mass is 32.2. The van der Waals surface area contributed by atoms with Crippen LogP contribution in [0.5, 0.6) is 0 Å². The number of halogens is 3. The van der Waals surface area contributed by atoms with Crippen molar-refractivity contribution >= 4 is 21.6 Å². The molecular formula is C19H19F3N2O3S. The Morgan fingerprint density at radius 1 is 1.07 bits per heavy atom. The van der Waals surface area contributed by atoms with Crippen molar-refractivity contribution in [2.75, 3.05) is 17.8 Å². The zero-order chi connectivity index (χ0) is 20.5. The molecule has 0 saturated carbocycles. The van der Waals surface area contributed by atoms with E-state index in [2.05, 4.69) is 4.72 Å². The average molecular weight is 412 g/mol. The molecule has 1 amide bonds. The van der Waals surface area contributed by atoms with Crippen LogP contribution in [0.25, 0.3) is 0 Å². The number of nitrogens with one attached hydrogen (secondary N) is 1. The smallest absolute Gasteiger partial charge is 0.339 e. The SMILES string of the molecule is Cc1ccc(S(=O)(=O)Nc2cccc(C(F)(F)F)c2)cc1C(=O)N1CCCC1. The Labute approximate surface area is 161 Å². The van der Waals surface area contributed by atoms with Crippen molar-refractivity contribution in [3.63, 3.8) is 0 Å². The lowest BCUT2D eigenvalue weighted by Crippen LogP contribution is -2.28. The van der Waals surface area contributed by atoms with Crippen molar-refractivity contribution in [1.82, 2.24) is 4.90 Å². The van der Waals surface area contributed by atoms with Crippen LogP contribution < -0.4 is 4.72 Å². The molecule has 0 radical (unpaired) electrons. The van der Waals surface area contributed by atoms with Gasteiger partial charge in [0.05, 0.1) is 10.5 Å². The molecule has 2 aromatic rings. The van der Waals surface area contributed by atoms with Crippen molar-refractivity contribution in [1.29, 1.82) is 0 Å². The fraction of sp³-hybridized carbons (Fsp3) is 0.316. The number of rotatable bonds is 4. The molecule has 3 rings (SSSR count). The van der Waals surface area contributed by atoms with Crippen LogP contribution in [0.4, 0.5) is 18.9 Å². The monoisotopic (exact) mass is 412 g/mol. The second-order valence-corrected chi connectivity index (χ2v) is 8.34. The first-order valence-electron chi connectivity index (χ1n) is 8.68. The topological polar surface area (TPSA) is 66.5 Å². The van der Waals surface area contributed by atoms with Crippen molar-refractivity contribution in [2.45, 2.75) is 30.8 Å². The summed E-state index contributed by atoms with van der Waals surface area (Å²) in [4.78, 5) is 14.1. The van der Waals surface area contributed by atoms with Gasteiger partial charge in [-0.15, -0.1) is 0 Å². The largest absolute Gasteiger partial charge is 0.416 e. The standard InChI is InChI=1S/C19H19F3N2O3S/c1-13-7-8-16(12-17(13)18(25)24-9-2-3-10-24)28(26,27)23-15-6-4-5-14(11-15)19(20,21)22/h4-8,11-12,23H,2-3,9-10H2,1H3. The number of amides is 1. The first-order valence-corrected chi connectivity index (χ1v) is 10.2. The van der Waals surface area contributed by atoms with Crippen LogP contribution in [0.2, 0.25) is 0 Å². The van der Waals surface area contributed by atoms with E-state index in [1.54, 1.807) is 11.8 Å². The van der Waals surface area contributed by atoms with Gasteiger partial charge in [0.25, 0.3) is 15.9 Å². The number of alkyl halides is 3. The van der Waals surface area contributed by atoms with Gasteiger partial charge in [-0.05, 0) is 55.7 Å². The van der Waals surface area contributed by atoms with Crippen LogP contribution >= 0.6 is 0 Å². The molecule has 1 N–H and O–H groups in total. The van der Waals surface area contributed by atoms with E-state index >= 15 is 0 Å². The van der Waals surface area contributed by atoms with Gasteiger partial charge in [0, 0.05) is 24.3 Å². The Balaban J connectivity index is 1.90. The number of likely N-dealkylation sites (tertiary alicyclic amines) is 1. The lowest BCUT2D eigenvalue weighted by atomic mass is 10.1. The molecule has 1 saturated heterocycles. The van der Waals surface area contributed by atoms with Gasteiger partial charge in [-0.1, -0.05) is 12.1 Å². The van der Waals surface area contributed by atoms with Crippen LogP contribution in [0.1, 0.15) is 34.3 Å². The minimum Gasteiger partial charge on any atom is -0.339 e. The number of benzene rings is 2. The van der Waals surface area contributed by atoms with Crippen LogP contribution in [-0.2, 0) is 16.2 Å². The fourth-order valence-corrected chi connectivity index (χ4v) is 4.14. The van der Waals surface area contributed by atoms with E-state index in [0.29, 0.717) is 18.7 Å². The number of nitrogens with zero attached hydrogens (tertiary/aromatic N) is 1. The second kappa shape index (κ2) is 7.46. The summed E-state index contributed by atoms with van der Waals surface area (Å²) in [5, 5.41) is 0. The summed E-state index contributed by atoms with van der Waals surface area (Å²) in [6, 6.07) is 8.05. The van der Waals surface area contributed by atoms with Crippen LogP contribution in [0.3, 0.4) is 0 Å². The molecule has 2 aromatic carbocycles. The van der Waals surface area contributed by atoms with E-state index in [9.17, 15) is 26.4 Å². The van der Waals surface area contributed by atoms with Crippen molar-refractivity contribution in [2.24, 2.45) is 0 Å². The van der Waals surface area contributed by atoms with Gasteiger partial charge in [-0.2, -0.15) is 13.2 Å². The molecule has 9 heteroatoms. The number of anilines is 1. The molecule has 0 spiro atoms. The molecule has 0 atom stereocenters. The number of hydrogen-bond donors (Lipinski definition) is 1. The van der Waals surface area contributed by atoms with E-state index in [1.807, 2.05) is 0 Å². The zero-order valence-corrected chi connectivity index (χ0v) is 15.9. The Kier molecular flexibility index (Phi) is 5.38. The molecule has 0 aliphatic carbocycles. The number of hydrogen-bond acceptors (Lipinski definition) is 3. The summed E-state index contributed by atoms with van der Waals surface area (Å²) in [5.74, 6) is -0.244. The van der Waals surface area contributed by atoms with Gasteiger partial charge >= 0.3 is 6.18 Å². The van der Waals surface area contributed by atoms with Crippen molar-refractivity contribution < 1.29 is 26.4 Å². The third kappa shape index (κ3) is 4.30. The van der Waals surface area contributed by atoms with Gasteiger partial charge < -0.3 is 4.90 Å². The number of sulfonamides is 1. The zero-order valence-electron chi connectivity index (χ0n) is 15.1. The van der Waals surface area contributed by atoms with Gasteiger partial charge in [-0.3, -0.25) is 9.52 Å². The van der Waals surface area contributed by atoms with Gasteiger partial charge in [0.15, 0.2) is 0 Å². The fourth-order valence-electron chi connectivity index (χ4n) is 3.06. The average Bonchev–Trinajstić information content (AvgIpc) is 3.15. The van der Waals surface area contributed by atoms with Gasteiger partial charge in [0.1, 0.15) is 0 Å². The minimum absolute atomic E-state index is 0.182. The first kappa shape index (κ1) is 20.2. The Hall–Kier alpha value is -2.55. The Morgan fingerprint density at radius 2 is 1.75 bits per heavy atom. The predicted molar refractivity (Wildman–Crippen MR) is 98.6 cm³/mol. The van der Waals surface area contributed by atoms with Crippen molar-refractivity contribution in [3.05, 3.63) is 59.2 Å². The quantitative estimate of drug-likeness (QED) is 0.824. The third-order valence-corrected chi connectivity index (χ3v) is 5.96. The Morgan fingerprint density at radius 3 is 2.39 bits per heavy atom. The van der Waals surface area contributed by atoms with Crippen LogP contribution in [0, 0.1) is 6.92 Å². The molecule has 28 heavy (non-hydrogen) atoms. The molecule has 0 aromatic heterocycles. The molecule has 0 bridgehead atoms. The van der Waals surface area contributed by atoms with E-state index in [0.717, 1.165) is 31.0 Å². The Bertz CT molecular complexity index is 998. The highest BCUT2D eigenvalue weighted by molar-refractivity contribution is 7.92. The molecule has 1 aliphatic heterocycles. The first-order chi connectivity index (χ1) is 13.1. The van der Waals surface area contributed by atoms with E-state index < -0.39 is 21.8 Å². The summed E-state index contributed by atoms with van der Waals surface area (Å²) in [5.41, 5.74) is -0.256. The summed E-state index contributed by atoms with van der Waals surface area (Å²) >= 11 is 0. The summed E-state index contributed by atoms with van der Waals surface area (Å²) < 4.78 is 66.0. The number of aryl methyl sites for hydroxylation is 1. The summed E-state index contributed by atoms with van der Waals surface area (Å²) in [6.45, 7) is 2.95. The molecule has 1 heterocycles. The molecule has 1 fully saturated rings.